The molecule has 0 rings (SSSR count). The Morgan fingerprint density at radius 1 is 0.909 bits per heavy atom. The molecule has 0 aromatic rings. The molecule has 0 aliphatic carbocycles. The van der Waals surface area contributed by atoms with E-state index in [0.29, 0.717) is 17.8 Å². The molecule has 0 aromatic carbocycles. The van der Waals surface area contributed by atoms with Gasteiger partial charge in [-0.3, -0.25) is 0 Å². The van der Waals surface area contributed by atoms with Gasteiger partial charge in [0.25, 0.3) is 0 Å². The van der Waals surface area contributed by atoms with E-state index in [1.807, 2.05) is 0 Å². The molecule has 2 atom stereocenters. The van der Waals surface area contributed by atoms with Gasteiger partial charge in [0.15, 0.2) is 0 Å². The number of hydrogen-bond donors (Lipinski definition) is 0. The molecular formula is C10H19N. The van der Waals surface area contributed by atoms with Crippen molar-refractivity contribution >= 4 is 0 Å². The first-order chi connectivity index (χ1) is 5.00. The summed E-state index contributed by atoms with van der Waals surface area (Å²) in [5.41, 5.74) is 0. The molecule has 0 radical (unpaired) electrons. The molecule has 0 saturated heterocycles. The third-order valence-electron chi connectivity index (χ3n) is 2.42. The van der Waals surface area contributed by atoms with Gasteiger partial charge in [-0.15, -0.1) is 0 Å². The summed E-state index contributed by atoms with van der Waals surface area (Å²) in [6, 6.07) is 0.204. The first kappa shape index (κ1) is 10.5. The molecule has 0 N–H and O–H groups in total. The third kappa shape index (κ3) is 2.93. The van der Waals surface area contributed by atoms with Crippen molar-refractivity contribution in [3.63, 3.8) is 0 Å². The summed E-state index contributed by atoms with van der Waals surface area (Å²) >= 11 is 0. The minimum absolute atomic E-state index is 0.204. The Morgan fingerprint density at radius 2 is 1.36 bits per heavy atom. The zero-order valence-corrected chi connectivity index (χ0v) is 8.26. The second kappa shape index (κ2) is 4.38. The Kier molecular flexibility index (Phi) is 4.18. The molecule has 11 heavy (non-hydrogen) atoms. The van der Waals surface area contributed by atoms with E-state index in [-0.39, 0.29) is 6.04 Å². The average molecular weight is 153 g/mol. The number of rotatable bonds is 3. The van der Waals surface area contributed by atoms with Crippen LogP contribution >= 0.6 is 0 Å². The maximum atomic E-state index is 7.04. The van der Waals surface area contributed by atoms with E-state index in [0.717, 1.165) is 0 Å². The molecule has 0 aliphatic heterocycles. The van der Waals surface area contributed by atoms with Gasteiger partial charge in [-0.05, 0) is 5.92 Å². The van der Waals surface area contributed by atoms with Crippen LogP contribution in [-0.4, -0.2) is 6.04 Å². The zero-order chi connectivity index (χ0) is 9.02. The highest BCUT2D eigenvalue weighted by Gasteiger charge is 2.27. The van der Waals surface area contributed by atoms with Gasteiger partial charge in [-0.1, -0.05) is 34.6 Å². The van der Waals surface area contributed by atoms with Crippen LogP contribution in [0.3, 0.4) is 0 Å². The summed E-state index contributed by atoms with van der Waals surface area (Å²) in [4.78, 5) is 3.66. The van der Waals surface area contributed by atoms with Crippen LogP contribution in [0.15, 0.2) is 0 Å². The largest absolute Gasteiger partial charge is 0.313 e. The molecule has 0 aliphatic rings. The Morgan fingerprint density at radius 3 is 1.45 bits per heavy atom. The van der Waals surface area contributed by atoms with Gasteiger partial charge < -0.3 is 4.85 Å². The van der Waals surface area contributed by atoms with Crippen molar-refractivity contribution in [3.05, 3.63) is 11.4 Å². The minimum Gasteiger partial charge on any atom is -0.313 e. The Bertz CT molecular complexity index is 141. The van der Waals surface area contributed by atoms with Gasteiger partial charge in [0.05, 0.1) is 0 Å². The van der Waals surface area contributed by atoms with Crippen molar-refractivity contribution in [2.75, 3.05) is 0 Å². The summed E-state index contributed by atoms with van der Waals surface area (Å²) in [7, 11) is 0. The molecule has 0 spiro atoms. The fourth-order valence-electron chi connectivity index (χ4n) is 1.27. The lowest BCUT2D eigenvalue weighted by molar-refractivity contribution is 0.324. The predicted molar refractivity (Wildman–Crippen MR) is 49.2 cm³/mol. The molecular weight excluding hydrogens is 134 g/mol. The second-order valence-electron chi connectivity index (χ2n) is 3.97. The summed E-state index contributed by atoms with van der Waals surface area (Å²) in [6.45, 7) is 17.8. The highest BCUT2D eigenvalue weighted by atomic mass is 14.7. The zero-order valence-electron chi connectivity index (χ0n) is 8.26. The number of nitrogens with zero attached hydrogens (tertiary/aromatic N) is 1. The molecule has 0 heterocycles. The van der Waals surface area contributed by atoms with Crippen molar-refractivity contribution in [1.82, 2.24) is 0 Å². The van der Waals surface area contributed by atoms with Gasteiger partial charge in [0, 0.05) is 11.8 Å². The van der Waals surface area contributed by atoms with Gasteiger partial charge in [-0.2, -0.15) is 0 Å². The fourth-order valence-corrected chi connectivity index (χ4v) is 1.27. The normalized spacial score (nSPS) is 16.5. The lowest BCUT2D eigenvalue weighted by Gasteiger charge is -2.19. The van der Waals surface area contributed by atoms with Crippen LogP contribution in [0.2, 0.25) is 0 Å². The van der Waals surface area contributed by atoms with Crippen molar-refractivity contribution in [1.29, 1.82) is 0 Å². The average Bonchev–Trinajstić information content (AvgIpc) is 1.88. The first-order valence-corrected chi connectivity index (χ1v) is 4.37. The smallest absolute Gasteiger partial charge is 0.228 e. The van der Waals surface area contributed by atoms with Crippen LogP contribution in [0.5, 0.6) is 0 Å². The van der Waals surface area contributed by atoms with Crippen LogP contribution in [0.25, 0.3) is 4.85 Å². The van der Waals surface area contributed by atoms with Crippen LogP contribution < -0.4 is 0 Å². The van der Waals surface area contributed by atoms with Crippen molar-refractivity contribution in [3.8, 4) is 0 Å². The molecule has 0 bridgehead atoms. The van der Waals surface area contributed by atoms with Crippen molar-refractivity contribution < 1.29 is 0 Å². The Hall–Kier alpha value is -0.510. The maximum absolute atomic E-state index is 7.04. The highest BCUT2D eigenvalue weighted by Crippen LogP contribution is 2.22. The van der Waals surface area contributed by atoms with E-state index < -0.39 is 0 Å². The maximum Gasteiger partial charge on any atom is 0.228 e. The van der Waals surface area contributed by atoms with E-state index in [9.17, 15) is 0 Å². The molecule has 0 aromatic heterocycles. The quantitative estimate of drug-likeness (QED) is 0.548. The molecule has 1 heteroatoms. The van der Waals surface area contributed by atoms with Crippen LogP contribution in [0, 0.1) is 24.3 Å². The molecule has 2 unspecified atom stereocenters. The summed E-state index contributed by atoms with van der Waals surface area (Å²) < 4.78 is 0. The molecule has 1 nitrogen and oxygen atoms in total. The van der Waals surface area contributed by atoms with Crippen molar-refractivity contribution in [2.45, 2.75) is 40.7 Å². The molecule has 0 fully saturated rings. The lowest BCUT2D eigenvalue weighted by Crippen LogP contribution is -2.24. The van der Waals surface area contributed by atoms with E-state index in [1.54, 1.807) is 0 Å². The topological polar surface area (TPSA) is 4.36 Å². The van der Waals surface area contributed by atoms with E-state index in [2.05, 4.69) is 39.5 Å². The Balaban J connectivity index is 4.17. The molecule has 0 saturated carbocycles. The van der Waals surface area contributed by atoms with E-state index >= 15 is 0 Å². The van der Waals surface area contributed by atoms with E-state index in [1.165, 1.54) is 0 Å². The second-order valence-corrected chi connectivity index (χ2v) is 3.97. The first-order valence-electron chi connectivity index (χ1n) is 4.37. The third-order valence-corrected chi connectivity index (χ3v) is 2.42. The summed E-state index contributed by atoms with van der Waals surface area (Å²) in [5, 5.41) is 0. The molecule has 0 amide bonds. The summed E-state index contributed by atoms with van der Waals surface area (Å²) in [6.07, 6.45) is 0. The van der Waals surface area contributed by atoms with Crippen LogP contribution in [0.4, 0.5) is 0 Å². The molecule has 64 valence electrons. The van der Waals surface area contributed by atoms with Crippen LogP contribution in [0.1, 0.15) is 34.6 Å². The standard InChI is InChI=1S/C10H19N/c1-7(2)9(5)10(11-6)8(3)4/h7-10H,1-5H3. The number of hydrogen-bond acceptors (Lipinski definition) is 0. The van der Waals surface area contributed by atoms with Crippen molar-refractivity contribution in [2.24, 2.45) is 17.8 Å². The monoisotopic (exact) mass is 153 g/mol. The predicted octanol–water partition coefficient (Wildman–Crippen LogP) is 3.22. The van der Waals surface area contributed by atoms with Gasteiger partial charge in [-0.25, -0.2) is 6.57 Å². The van der Waals surface area contributed by atoms with Gasteiger partial charge >= 0.3 is 0 Å². The highest BCUT2D eigenvalue weighted by molar-refractivity contribution is 4.87. The SMILES string of the molecule is [C-]#[N+]C(C(C)C)C(C)C(C)C. The van der Waals surface area contributed by atoms with Crippen LogP contribution in [-0.2, 0) is 0 Å². The summed E-state index contributed by atoms with van der Waals surface area (Å²) in [5.74, 6) is 1.63. The fraction of sp³-hybridized carbons (Fsp3) is 0.900. The lowest BCUT2D eigenvalue weighted by atomic mass is 9.85. The van der Waals surface area contributed by atoms with Gasteiger partial charge in [0.2, 0.25) is 6.04 Å². The Labute approximate surface area is 70.6 Å². The minimum atomic E-state index is 0.204. The van der Waals surface area contributed by atoms with E-state index in [4.69, 9.17) is 6.57 Å². The van der Waals surface area contributed by atoms with Gasteiger partial charge in [0.1, 0.15) is 0 Å².